The molecule has 1 aromatic rings. The maximum absolute atomic E-state index is 6.06. The van der Waals surface area contributed by atoms with Gasteiger partial charge < -0.3 is 10.2 Å². The van der Waals surface area contributed by atoms with Gasteiger partial charge in [-0.1, -0.05) is 13.8 Å². The van der Waals surface area contributed by atoms with E-state index in [0.717, 1.165) is 18.7 Å². The van der Waals surface area contributed by atoms with E-state index in [9.17, 15) is 0 Å². The third-order valence-corrected chi connectivity index (χ3v) is 4.38. The number of hydrogen-bond acceptors (Lipinski definition) is 5. The second-order valence-electron chi connectivity index (χ2n) is 6.85. The predicted molar refractivity (Wildman–Crippen MR) is 78.5 cm³/mol. The molecule has 5 nitrogen and oxygen atoms in total. The van der Waals surface area contributed by atoms with Gasteiger partial charge in [-0.2, -0.15) is 4.98 Å². The Kier molecular flexibility index (Phi) is 3.54. The van der Waals surface area contributed by atoms with Crippen LogP contribution >= 0.6 is 0 Å². The Bertz CT molecular complexity index is 475. The van der Waals surface area contributed by atoms with Gasteiger partial charge in [-0.3, -0.25) is 0 Å². The van der Waals surface area contributed by atoms with Crippen LogP contribution in [0.15, 0.2) is 6.07 Å². The van der Waals surface area contributed by atoms with E-state index < -0.39 is 0 Å². The normalized spacial score (nSPS) is 22.6. The number of nitrogens with one attached hydrogen (secondary N) is 1. The summed E-state index contributed by atoms with van der Waals surface area (Å²) in [5.41, 5.74) is 3.06. The van der Waals surface area contributed by atoms with Gasteiger partial charge in [-0.15, -0.1) is 0 Å². The molecule has 20 heavy (non-hydrogen) atoms. The molecule has 110 valence electrons. The molecule has 2 aliphatic carbocycles. The highest BCUT2D eigenvalue weighted by Crippen LogP contribution is 2.40. The lowest BCUT2D eigenvalue weighted by atomic mass is 9.76. The zero-order valence-electron chi connectivity index (χ0n) is 12.4. The molecule has 0 aliphatic heterocycles. The minimum atomic E-state index is 0.274. The molecule has 0 atom stereocenters. The first-order chi connectivity index (χ1) is 9.55. The fourth-order valence-electron chi connectivity index (χ4n) is 2.76. The Balaban J connectivity index is 1.69. The molecule has 3 rings (SSSR count). The predicted octanol–water partition coefficient (Wildman–Crippen LogP) is 2.99. The highest BCUT2D eigenvalue weighted by atomic mass is 16.5. The third-order valence-electron chi connectivity index (χ3n) is 4.38. The van der Waals surface area contributed by atoms with Crippen LogP contribution in [0, 0.1) is 5.41 Å². The zero-order valence-corrected chi connectivity index (χ0v) is 12.4. The highest BCUT2D eigenvalue weighted by molar-refractivity contribution is 5.38. The number of ether oxygens (including phenoxy) is 1. The fraction of sp³-hybridized carbons (Fsp3) is 0.733. The summed E-state index contributed by atoms with van der Waals surface area (Å²) in [4.78, 5) is 8.95. The number of nitrogens with two attached hydrogens (primary N) is 1. The summed E-state index contributed by atoms with van der Waals surface area (Å²) in [5.74, 6) is 8.16. The molecule has 0 amide bonds. The van der Waals surface area contributed by atoms with Crippen LogP contribution in [0.5, 0.6) is 5.88 Å². The van der Waals surface area contributed by atoms with Crippen LogP contribution in [0.1, 0.15) is 64.1 Å². The van der Waals surface area contributed by atoms with Crippen molar-refractivity contribution in [3.63, 3.8) is 0 Å². The van der Waals surface area contributed by atoms with Crippen molar-refractivity contribution in [2.24, 2.45) is 11.3 Å². The van der Waals surface area contributed by atoms with Gasteiger partial charge in [0.1, 0.15) is 17.7 Å². The first-order valence-electron chi connectivity index (χ1n) is 7.58. The SMILES string of the molecule is CC1(C)CCC(Oc2cc(NN)nc(C3CC3)n2)CC1. The average molecular weight is 276 g/mol. The smallest absolute Gasteiger partial charge is 0.219 e. The molecule has 0 bridgehead atoms. The number of hydrogen-bond donors (Lipinski definition) is 2. The molecule has 2 fully saturated rings. The number of hydrazine groups is 1. The molecule has 2 aliphatic rings. The number of anilines is 1. The lowest BCUT2D eigenvalue weighted by molar-refractivity contribution is 0.0946. The summed E-state index contributed by atoms with van der Waals surface area (Å²) in [6.07, 6.45) is 7.23. The van der Waals surface area contributed by atoms with Crippen molar-refractivity contribution in [3.05, 3.63) is 11.9 Å². The first-order valence-corrected chi connectivity index (χ1v) is 7.58. The van der Waals surface area contributed by atoms with Crippen LogP contribution in [0.4, 0.5) is 5.82 Å². The molecule has 0 saturated heterocycles. The molecule has 1 aromatic heterocycles. The lowest BCUT2D eigenvalue weighted by Crippen LogP contribution is -2.28. The summed E-state index contributed by atoms with van der Waals surface area (Å²) in [7, 11) is 0. The van der Waals surface area contributed by atoms with Gasteiger partial charge >= 0.3 is 0 Å². The largest absolute Gasteiger partial charge is 0.474 e. The van der Waals surface area contributed by atoms with E-state index in [1.807, 2.05) is 0 Å². The van der Waals surface area contributed by atoms with Crippen molar-refractivity contribution >= 4 is 5.82 Å². The van der Waals surface area contributed by atoms with E-state index in [-0.39, 0.29) is 6.10 Å². The second-order valence-corrected chi connectivity index (χ2v) is 6.85. The number of aromatic nitrogens is 2. The van der Waals surface area contributed by atoms with Gasteiger partial charge in [0.25, 0.3) is 0 Å². The monoisotopic (exact) mass is 276 g/mol. The highest BCUT2D eigenvalue weighted by Gasteiger charge is 2.30. The minimum absolute atomic E-state index is 0.274. The van der Waals surface area contributed by atoms with Gasteiger partial charge in [-0.05, 0) is 43.9 Å². The standard InChI is InChI=1S/C15H24N4O/c1-15(2)7-5-11(6-8-15)20-13-9-12(19-16)17-14(18-13)10-3-4-10/h9-11H,3-8,16H2,1-2H3,(H,17,18,19). The summed E-state index contributed by atoms with van der Waals surface area (Å²) in [6, 6.07) is 1.80. The summed E-state index contributed by atoms with van der Waals surface area (Å²) < 4.78 is 6.06. The molecule has 3 N–H and O–H groups in total. The van der Waals surface area contributed by atoms with Crippen LogP contribution in [0.25, 0.3) is 0 Å². The van der Waals surface area contributed by atoms with Crippen molar-refractivity contribution in [2.75, 3.05) is 5.43 Å². The average Bonchev–Trinajstić information content (AvgIpc) is 3.25. The summed E-state index contributed by atoms with van der Waals surface area (Å²) in [6.45, 7) is 4.66. The quantitative estimate of drug-likeness (QED) is 0.653. The van der Waals surface area contributed by atoms with Crippen LogP contribution in [-0.2, 0) is 0 Å². The van der Waals surface area contributed by atoms with Crippen molar-refractivity contribution in [2.45, 2.75) is 64.4 Å². The summed E-state index contributed by atoms with van der Waals surface area (Å²) >= 11 is 0. The maximum Gasteiger partial charge on any atom is 0.219 e. The van der Waals surface area contributed by atoms with Crippen molar-refractivity contribution in [1.82, 2.24) is 9.97 Å². The lowest BCUT2D eigenvalue weighted by Gasteiger charge is -2.34. The molecule has 0 unspecified atom stereocenters. The van der Waals surface area contributed by atoms with Gasteiger partial charge in [0.2, 0.25) is 5.88 Å². The molecule has 5 heteroatoms. The van der Waals surface area contributed by atoms with Crippen LogP contribution in [-0.4, -0.2) is 16.1 Å². The van der Waals surface area contributed by atoms with E-state index in [2.05, 4.69) is 29.2 Å². The molecule has 0 aromatic carbocycles. The third kappa shape index (κ3) is 3.20. The minimum Gasteiger partial charge on any atom is -0.474 e. The number of nitrogens with zero attached hydrogens (tertiary/aromatic N) is 2. The Hall–Kier alpha value is -1.36. The number of rotatable bonds is 4. The van der Waals surface area contributed by atoms with E-state index in [4.69, 9.17) is 10.6 Å². The van der Waals surface area contributed by atoms with Gasteiger partial charge in [0, 0.05) is 12.0 Å². The molecular weight excluding hydrogens is 252 g/mol. The Morgan fingerprint density at radius 1 is 1.20 bits per heavy atom. The van der Waals surface area contributed by atoms with Crippen LogP contribution in [0.3, 0.4) is 0 Å². The van der Waals surface area contributed by atoms with Crippen molar-refractivity contribution in [3.8, 4) is 5.88 Å². The Labute approximate surface area is 120 Å². The van der Waals surface area contributed by atoms with Gasteiger partial charge in [0.15, 0.2) is 0 Å². The van der Waals surface area contributed by atoms with E-state index >= 15 is 0 Å². The first kappa shape index (κ1) is 13.6. The Morgan fingerprint density at radius 2 is 1.90 bits per heavy atom. The van der Waals surface area contributed by atoms with E-state index in [1.54, 1.807) is 6.07 Å². The van der Waals surface area contributed by atoms with E-state index in [0.29, 0.717) is 23.0 Å². The fourth-order valence-corrected chi connectivity index (χ4v) is 2.76. The van der Waals surface area contributed by atoms with Gasteiger partial charge in [0.05, 0.1) is 0 Å². The maximum atomic E-state index is 6.06. The molecule has 0 spiro atoms. The van der Waals surface area contributed by atoms with Crippen molar-refractivity contribution < 1.29 is 4.74 Å². The summed E-state index contributed by atoms with van der Waals surface area (Å²) in [5, 5.41) is 0. The molecular formula is C15H24N4O. The van der Waals surface area contributed by atoms with Crippen molar-refractivity contribution in [1.29, 1.82) is 0 Å². The molecule has 0 radical (unpaired) electrons. The molecule has 1 heterocycles. The van der Waals surface area contributed by atoms with Crippen LogP contribution in [0.2, 0.25) is 0 Å². The van der Waals surface area contributed by atoms with Gasteiger partial charge in [-0.25, -0.2) is 10.8 Å². The second kappa shape index (κ2) is 5.20. The van der Waals surface area contributed by atoms with E-state index in [1.165, 1.54) is 25.7 Å². The molecule has 2 saturated carbocycles. The Morgan fingerprint density at radius 3 is 2.50 bits per heavy atom. The van der Waals surface area contributed by atoms with Crippen LogP contribution < -0.4 is 16.0 Å². The number of nitrogen functional groups attached to an aromatic ring is 1. The zero-order chi connectivity index (χ0) is 14.2. The topological polar surface area (TPSA) is 73.1 Å².